The minimum Gasteiger partial charge on any atom is -0.497 e. The van der Waals surface area contributed by atoms with Crippen molar-refractivity contribution in [3.8, 4) is 33.8 Å². The molecule has 1 aromatic heterocycles. The van der Waals surface area contributed by atoms with Gasteiger partial charge in [0.05, 0.1) is 20.8 Å². The highest BCUT2D eigenvalue weighted by Crippen LogP contribution is 2.41. The highest BCUT2D eigenvalue weighted by atomic mass is 32.1. The van der Waals surface area contributed by atoms with E-state index in [0.29, 0.717) is 11.1 Å². The third-order valence-corrected chi connectivity index (χ3v) is 7.81. The molecule has 5 heteroatoms. The summed E-state index contributed by atoms with van der Waals surface area (Å²) >= 11 is 1.60. The molecule has 0 spiro atoms. The second-order valence-corrected chi connectivity index (χ2v) is 9.99. The predicted molar refractivity (Wildman–Crippen MR) is 147 cm³/mol. The van der Waals surface area contributed by atoms with E-state index in [1.165, 1.54) is 19.3 Å². The number of nitrogens with zero attached hydrogens (tertiary/aromatic N) is 1. The molecule has 1 aliphatic rings. The molecule has 2 heterocycles. The fourth-order valence-corrected chi connectivity index (χ4v) is 5.83. The number of fused-ring (bicyclic) bond motifs is 1. The van der Waals surface area contributed by atoms with E-state index in [2.05, 4.69) is 16.7 Å². The maximum atomic E-state index is 13.8. The monoisotopic (exact) mass is 495 g/mol. The molecule has 0 radical (unpaired) electrons. The second kappa shape index (κ2) is 11.0. The summed E-state index contributed by atoms with van der Waals surface area (Å²) in [6, 6.07) is 21.4. The van der Waals surface area contributed by atoms with Crippen molar-refractivity contribution < 1.29 is 14.3 Å². The molecule has 1 fully saturated rings. The number of likely N-dealkylation sites (tertiary alicyclic amines) is 1. The Morgan fingerprint density at radius 2 is 1.58 bits per heavy atom. The van der Waals surface area contributed by atoms with Gasteiger partial charge >= 0.3 is 0 Å². The van der Waals surface area contributed by atoms with Gasteiger partial charge in [0.1, 0.15) is 11.5 Å². The summed E-state index contributed by atoms with van der Waals surface area (Å²) in [6.45, 7) is 3.08. The van der Waals surface area contributed by atoms with Crippen LogP contribution >= 0.6 is 11.3 Å². The third-order valence-electron chi connectivity index (χ3n) is 6.61. The van der Waals surface area contributed by atoms with Crippen LogP contribution in [0.15, 0.2) is 66.7 Å². The average molecular weight is 496 g/mol. The first-order valence-electron chi connectivity index (χ1n) is 12.3. The predicted octanol–water partition coefficient (Wildman–Crippen LogP) is 6.65. The maximum Gasteiger partial charge on any atom is 0.195 e. The lowest BCUT2D eigenvalue weighted by molar-refractivity contribution is 0.104. The van der Waals surface area contributed by atoms with Crippen molar-refractivity contribution in [2.24, 2.45) is 0 Å². The molecule has 1 saturated heterocycles. The number of thiophene rings is 1. The number of methoxy groups -OCH3 is 2. The lowest BCUT2D eigenvalue weighted by Gasteiger charge is -2.23. The molecule has 5 rings (SSSR count). The first-order chi connectivity index (χ1) is 17.7. The minimum absolute atomic E-state index is 0.00469. The quantitative estimate of drug-likeness (QED) is 0.222. The van der Waals surface area contributed by atoms with Crippen LogP contribution < -0.4 is 9.47 Å². The number of carbonyl (C=O) groups is 1. The normalized spacial score (nSPS) is 13.7. The fraction of sp³-hybridized carbons (Fsp3) is 0.258. The third kappa shape index (κ3) is 5.16. The summed E-state index contributed by atoms with van der Waals surface area (Å²) in [4.78, 5) is 17.2. The van der Waals surface area contributed by atoms with Gasteiger partial charge in [-0.05, 0) is 98.2 Å². The molecular weight excluding hydrogens is 466 g/mol. The van der Waals surface area contributed by atoms with E-state index in [-0.39, 0.29) is 5.78 Å². The number of benzene rings is 3. The van der Waals surface area contributed by atoms with Gasteiger partial charge in [-0.25, -0.2) is 0 Å². The Morgan fingerprint density at radius 1 is 0.889 bits per heavy atom. The van der Waals surface area contributed by atoms with Gasteiger partial charge in [-0.3, -0.25) is 9.69 Å². The summed E-state index contributed by atoms with van der Waals surface area (Å²) in [6.07, 6.45) is 3.86. The number of ketones is 1. The van der Waals surface area contributed by atoms with E-state index in [9.17, 15) is 4.79 Å². The number of rotatable bonds is 6. The fourth-order valence-electron chi connectivity index (χ4n) is 4.60. The van der Waals surface area contributed by atoms with Gasteiger partial charge in [0, 0.05) is 31.7 Å². The lowest BCUT2D eigenvalue weighted by atomic mass is 9.97. The van der Waals surface area contributed by atoms with Crippen molar-refractivity contribution in [3.05, 3.63) is 83.4 Å². The van der Waals surface area contributed by atoms with Crippen LogP contribution in [0.1, 0.15) is 40.7 Å². The van der Waals surface area contributed by atoms with Gasteiger partial charge in [0.2, 0.25) is 0 Å². The summed E-state index contributed by atoms with van der Waals surface area (Å²) in [5, 5.41) is 0.932. The first kappa shape index (κ1) is 24.1. The van der Waals surface area contributed by atoms with Crippen LogP contribution in [0, 0.1) is 11.8 Å². The van der Waals surface area contributed by atoms with Gasteiger partial charge in [0.25, 0.3) is 0 Å². The van der Waals surface area contributed by atoms with Crippen molar-refractivity contribution in [3.63, 3.8) is 0 Å². The molecular formula is C31H29NO3S. The molecule has 0 bridgehead atoms. The summed E-state index contributed by atoms with van der Waals surface area (Å²) < 4.78 is 11.8. The summed E-state index contributed by atoms with van der Waals surface area (Å²) in [5.41, 5.74) is 3.28. The van der Waals surface area contributed by atoms with E-state index in [0.717, 1.165) is 57.2 Å². The van der Waals surface area contributed by atoms with Gasteiger partial charge in [-0.1, -0.05) is 18.3 Å². The molecule has 4 nitrogen and oxygen atoms in total. The van der Waals surface area contributed by atoms with Crippen LogP contribution in [0.4, 0.5) is 0 Å². The van der Waals surface area contributed by atoms with Gasteiger partial charge < -0.3 is 9.47 Å². The first-order valence-corrected chi connectivity index (χ1v) is 13.1. The number of hydrogen-bond donors (Lipinski definition) is 0. The van der Waals surface area contributed by atoms with Gasteiger partial charge in [-0.15, -0.1) is 11.3 Å². The second-order valence-electron chi connectivity index (χ2n) is 8.94. The lowest BCUT2D eigenvalue weighted by Crippen LogP contribution is -2.29. The molecule has 0 amide bonds. The van der Waals surface area contributed by atoms with E-state index in [1.54, 1.807) is 25.6 Å². The van der Waals surface area contributed by atoms with E-state index < -0.39 is 0 Å². The van der Waals surface area contributed by atoms with Crippen LogP contribution in [0.3, 0.4) is 0 Å². The Hall–Kier alpha value is -3.59. The minimum atomic E-state index is 0.00469. The van der Waals surface area contributed by atoms with Crippen molar-refractivity contribution in [1.82, 2.24) is 4.90 Å². The van der Waals surface area contributed by atoms with Crippen molar-refractivity contribution in [2.75, 3.05) is 33.9 Å². The van der Waals surface area contributed by atoms with Crippen LogP contribution in [-0.4, -0.2) is 44.5 Å². The highest BCUT2D eigenvalue weighted by molar-refractivity contribution is 7.22. The molecule has 0 N–H and O–H groups in total. The van der Waals surface area contributed by atoms with Crippen molar-refractivity contribution in [1.29, 1.82) is 0 Å². The van der Waals surface area contributed by atoms with Crippen LogP contribution in [-0.2, 0) is 0 Å². The summed E-state index contributed by atoms with van der Waals surface area (Å²) in [5.74, 6) is 8.11. The smallest absolute Gasteiger partial charge is 0.195 e. The van der Waals surface area contributed by atoms with E-state index >= 15 is 0 Å². The Kier molecular flexibility index (Phi) is 7.36. The molecule has 1 aliphatic heterocycles. The molecule has 4 aromatic rings. The highest BCUT2D eigenvalue weighted by Gasteiger charge is 2.22. The van der Waals surface area contributed by atoms with Crippen molar-refractivity contribution in [2.45, 2.75) is 19.3 Å². The number of piperidine rings is 1. The number of carbonyl (C=O) groups excluding carboxylic acids is 1. The van der Waals surface area contributed by atoms with Crippen LogP contribution in [0.25, 0.3) is 20.5 Å². The van der Waals surface area contributed by atoms with Gasteiger partial charge in [0.15, 0.2) is 5.78 Å². The molecule has 36 heavy (non-hydrogen) atoms. The summed E-state index contributed by atoms with van der Waals surface area (Å²) in [7, 11) is 3.31. The van der Waals surface area contributed by atoms with Crippen LogP contribution in [0.5, 0.6) is 11.5 Å². The Labute approximate surface area is 216 Å². The topological polar surface area (TPSA) is 38.8 Å². The Balaban J connectivity index is 1.46. The average Bonchev–Trinajstić information content (AvgIpc) is 3.32. The standard InChI is InChI=1S/C31H29NO3S/c1-34-25-14-12-24(13-15-25)31-29(27-17-16-26(35-2)21-28(27)36-31)30(33)23-10-8-22(9-11-23)7-6-20-32-18-4-3-5-19-32/h8-17,21H,3-5,18-20H2,1-2H3. The zero-order chi connectivity index (χ0) is 24.9. The molecule has 182 valence electrons. The zero-order valence-electron chi connectivity index (χ0n) is 20.7. The number of hydrogen-bond acceptors (Lipinski definition) is 5. The number of ether oxygens (including phenoxy) is 2. The molecule has 0 atom stereocenters. The molecule has 0 unspecified atom stereocenters. The van der Waals surface area contributed by atoms with E-state index in [4.69, 9.17) is 9.47 Å². The Bertz CT molecular complexity index is 1420. The van der Waals surface area contributed by atoms with Gasteiger partial charge in [-0.2, -0.15) is 0 Å². The molecule has 0 saturated carbocycles. The Morgan fingerprint density at radius 3 is 2.28 bits per heavy atom. The van der Waals surface area contributed by atoms with E-state index in [1.807, 2.05) is 66.7 Å². The van der Waals surface area contributed by atoms with Crippen LogP contribution in [0.2, 0.25) is 0 Å². The van der Waals surface area contributed by atoms with Crippen molar-refractivity contribution >= 4 is 27.2 Å². The zero-order valence-corrected chi connectivity index (χ0v) is 21.5. The SMILES string of the molecule is COc1ccc(-c2sc3cc(OC)ccc3c2C(=O)c2ccc(C#CCN3CCCCC3)cc2)cc1. The maximum absolute atomic E-state index is 13.8. The largest absolute Gasteiger partial charge is 0.497 e. The molecule has 3 aromatic carbocycles. The molecule has 0 aliphatic carbocycles.